The lowest BCUT2D eigenvalue weighted by Crippen LogP contribution is -2.63. The van der Waals surface area contributed by atoms with Crippen LogP contribution in [0.5, 0.6) is 0 Å². The Balaban J connectivity index is 2.24. The Morgan fingerprint density at radius 2 is 2.04 bits per heavy atom. The van der Waals surface area contributed by atoms with Crippen molar-refractivity contribution in [3.8, 4) is 6.07 Å². The van der Waals surface area contributed by atoms with Crippen molar-refractivity contribution in [2.45, 2.75) is 48.5 Å². The van der Waals surface area contributed by atoms with E-state index in [4.69, 9.17) is 41.5 Å². The van der Waals surface area contributed by atoms with Gasteiger partial charge in [0.05, 0.1) is 16.6 Å². The first-order chi connectivity index (χ1) is 13.3. The highest BCUT2D eigenvalue weighted by Crippen LogP contribution is 2.36. The number of hydrogen-bond acceptors (Lipinski definition) is 9. The SMILES string of the molecule is COC1C(Sc2ccc(C#N)c(Cl)c2)OC(COC(C)=O)C(OC(C)=O)C1N. The molecule has 2 N–H and O–H groups in total. The Kier molecular flexibility index (Phi) is 8.10. The van der Waals surface area contributed by atoms with Gasteiger partial charge in [-0.05, 0) is 18.2 Å². The molecule has 1 fully saturated rings. The summed E-state index contributed by atoms with van der Waals surface area (Å²) in [5.74, 6) is -1.02. The van der Waals surface area contributed by atoms with Crippen molar-refractivity contribution in [3.63, 3.8) is 0 Å². The Bertz CT molecular complexity index is 771. The van der Waals surface area contributed by atoms with Gasteiger partial charge in [0, 0.05) is 25.9 Å². The number of nitrogens with two attached hydrogens (primary N) is 1. The number of hydrogen-bond donors (Lipinski definition) is 1. The van der Waals surface area contributed by atoms with Gasteiger partial charge in [0.1, 0.15) is 36.4 Å². The molecule has 0 spiro atoms. The molecule has 1 aliphatic heterocycles. The maximum absolute atomic E-state index is 11.5. The molecule has 0 saturated carbocycles. The number of benzene rings is 1. The number of thioether (sulfide) groups is 1. The van der Waals surface area contributed by atoms with Crippen molar-refractivity contribution in [3.05, 3.63) is 28.8 Å². The number of rotatable bonds is 6. The van der Waals surface area contributed by atoms with Gasteiger partial charge in [0.25, 0.3) is 0 Å². The van der Waals surface area contributed by atoms with Crippen LogP contribution in [0.25, 0.3) is 0 Å². The quantitative estimate of drug-likeness (QED) is 0.676. The summed E-state index contributed by atoms with van der Waals surface area (Å²) in [6.45, 7) is 2.41. The van der Waals surface area contributed by atoms with E-state index in [1.165, 1.54) is 32.7 Å². The van der Waals surface area contributed by atoms with Crippen molar-refractivity contribution >= 4 is 35.3 Å². The lowest BCUT2D eigenvalue weighted by atomic mass is 9.98. The zero-order valence-corrected chi connectivity index (χ0v) is 17.2. The van der Waals surface area contributed by atoms with E-state index < -0.39 is 41.7 Å². The highest BCUT2D eigenvalue weighted by molar-refractivity contribution is 7.99. The number of nitriles is 1. The van der Waals surface area contributed by atoms with Gasteiger partial charge in [0.2, 0.25) is 0 Å². The molecule has 0 aliphatic carbocycles. The fraction of sp³-hybridized carbons (Fsp3) is 0.500. The van der Waals surface area contributed by atoms with Crippen LogP contribution in [-0.4, -0.2) is 55.4 Å². The number of methoxy groups -OCH3 is 1. The van der Waals surface area contributed by atoms with Crippen LogP contribution in [0, 0.1) is 11.3 Å². The molecular formula is C18H21ClN2O6S. The first-order valence-electron chi connectivity index (χ1n) is 8.37. The summed E-state index contributed by atoms with van der Waals surface area (Å²) in [6.07, 6.45) is -2.22. The second kappa shape index (κ2) is 10.1. The van der Waals surface area contributed by atoms with E-state index in [0.29, 0.717) is 10.6 Å². The fourth-order valence-corrected chi connectivity index (χ4v) is 4.29. The molecule has 5 atom stereocenters. The number of nitrogens with zero attached hydrogens (tertiary/aromatic N) is 1. The molecule has 0 amide bonds. The largest absolute Gasteiger partial charge is 0.463 e. The van der Waals surface area contributed by atoms with Crippen LogP contribution in [0.3, 0.4) is 0 Å². The molecule has 0 radical (unpaired) electrons. The average Bonchev–Trinajstić information content (AvgIpc) is 2.62. The first kappa shape index (κ1) is 22.5. The molecule has 152 valence electrons. The van der Waals surface area contributed by atoms with E-state index in [9.17, 15) is 9.59 Å². The van der Waals surface area contributed by atoms with E-state index >= 15 is 0 Å². The van der Waals surface area contributed by atoms with Gasteiger partial charge < -0.3 is 24.7 Å². The van der Waals surface area contributed by atoms with E-state index in [2.05, 4.69) is 0 Å². The summed E-state index contributed by atoms with van der Waals surface area (Å²) in [7, 11) is 1.48. The average molecular weight is 429 g/mol. The molecule has 28 heavy (non-hydrogen) atoms. The molecule has 2 rings (SSSR count). The second-order valence-corrected chi connectivity index (χ2v) is 7.65. The van der Waals surface area contributed by atoms with Gasteiger partial charge in [-0.25, -0.2) is 0 Å². The molecule has 1 heterocycles. The molecule has 1 aromatic carbocycles. The maximum Gasteiger partial charge on any atom is 0.303 e. The predicted octanol–water partition coefficient (Wildman–Crippen LogP) is 1.87. The molecule has 0 bridgehead atoms. The third kappa shape index (κ3) is 5.59. The van der Waals surface area contributed by atoms with Crippen LogP contribution in [0.4, 0.5) is 0 Å². The lowest BCUT2D eigenvalue weighted by molar-refractivity contribution is -0.196. The second-order valence-electron chi connectivity index (χ2n) is 6.07. The minimum absolute atomic E-state index is 0.122. The third-order valence-electron chi connectivity index (χ3n) is 4.04. The number of esters is 2. The number of carbonyl (C=O) groups is 2. The topological polar surface area (TPSA) is 121 Å². The molecule has 1 aromatic rings. The Labute approximate surface area is 172 Å². The summed E-state index contributed by atoms with van der Waals surface area (Å²) in [6, 6.07) is 6.26. The molecule has 0 aromatic heterocycles. The number of halogens is 1. The van der Waals surface area contributed by atoms with Gasteiger partial charge in [-0.15, -0.1) is 0 Å². The lowest BCUT2D eigenvalue weighted by Gasteiger charge is -2.43. The minimum Gasteiger partial charge on any atom is -0.463 e. The Morgan fingerprint density at radius 3 is 2.57 bits per heavy atom. The standard InChI is InChI=1S/C18H21ClN2O6S/c1-9(22)25-8-14-16(26-10(2)23)15(21)17(24-3)18(27-14)28-12-5-4-11(7-20)13(19)6-12/h4-6,14-18H,8,21H2,1-3H3. The summed E-state index contributed by atoms with van der Waals surface area (Å²) < 4.78 is 21.9. The van der Waals surface area contributed by atoms with Gasteiger partial charge in [-0.2, -0.15) is 5.26 Å². The van der Waals surface area contributed by atoms with Crippen LogP contribution in [-0.2, 0) is 28.5 Å². The summed E-state index contributed by atoms with van der Waals surface area (Å²) >= 11 is 7.38. The molecule has 1 aliphatic rings. The van der Waals surface area contributed by atoms with Crippen molar-refractivity contribution in [2.75, 3.05) is 13.7 Å². The van der Waals surface area contributed by atoms with E-state index in [1.54, 1.807) is 18.2 Å². The van der Waals surface area contributed by atoms with Gasteiger partial charge in [-0.1, -0.05) is 23.4 Å². The predicted molar refractivity (Wildman–Crippen MR) is 102 cm³/mol. The highest BCUT2D eigenvalue weighted by Gasteiger charge is 2.47. The number of ether oxygens (including phenoxy) is 4. The molecular weight excluding hydrogens is 408 g/mol. The molecule has 10 heteroatoms. The van der Waals surface area contributed by atoms with E-state index in [0.717, 1.165) is 4.90 Å². The Morgan fingerprint density at radius 1 is 1.32 bits per heavy atom. The van der Waals surface area contributed by atoms with Crippen LogP contribution in [0.1, 0.15) is 19.4 Å². The van der Waals surface area contributed by atoms with Gasteiger partial charge in [0.15, 0.2) is 0 Å². The third-order valence-corrected chi connectivity index (χ3v) is 5.49. The van der Waals surface area contributed by atoms with Crippen molar-refractivity contribution < 1.29 is 28.5 Å². The van der Waals surface area contributed by atoms with Crippen LogP contribution in [0.15, 0.2) is 23.1 Å². The van der Waals surface area contributed by atoms with E-state index in [-0.39, 0.29) is 6.61 Å². The van der Waals surface area contributed by atoms with Crippen LogP contribution >= 0.6 is 23.4 Å². The van der Waals surface area contributed by atoms with E-state index in [1.807, 2.05) is 6.07 Å². The van der Waals surface area contributed by atoms with Crippen molar-refractivity contribution in [2.24, 2.45) is 5.73 Å². The molecule has 5 unspecified atom stereocenters. The smallest absolute Gasteiger partial charge is 0.303 e. The van der Waals surface area contributed by atoms with Crippen molar-refractivity contribution in [1.29, 1.82) is 5.26 Å². The van der Waals surface area contributed by atoms with Gasteiger partial charge >= 0.3 is 11.9 Å². The first-order valence-corrected chi connectivity index (χ1v) is 9.63. The molecule has 1 saturated heterocycles. The maximum atomic E-state index is 11.5. The van der Waals surface area contributed by atoms with Gasteiger partial charge in [-0.3, -0.25) is 9.59 Å². The van der Waals surface area contributed by atoms with Crippen molar-refractivity contribution in [1.82, 2.24) is 0 Å². The highest BCUT2D eigenvalue weighted by atomic mass is 35.5. The fourth-order valence-electron chi connectivity index (χ4n) is 2.78. The zero-order valence-electron chi connectivity index (χ0n) is 15.6. The summed E-state index contributed by atoms with van der Waals surface area (Å²) in [4.78, 5) is 23.4. The molecule has 8 nitrogen and oxygen atoms in total. The van der Waals surface area contributed by atoms with Crippen LogP contribution < -0.4 is 5.73 Å². The Hall–Kier alpha value is -1.83. The van der Waals surface area contributed by atoms with Crippen LogP contribution in [0.2, 0.25) is 5.02 Å². The summed E-state index contributed by atoms with van der Waals surface area (Å²) in [5, 5.41) is 9.32. The minimum atomic E-state index is -0.844. The number of carbonyl (C=O) groups excluding carboxylic acids is 2. The normalized spacial score (nSPS) is 26.9. The zero-order chi connectivity index (χ0) is 20.8. The monoisotopic (exact) mass is 428 g/mol. The summed E-state index contributed by atoms with van der Waals surface area (Å²) in [5.41, 5.74) is 6.07.